The third-order valence-electron chi connectivity index (χ3n) is 4.57. The first kappa shape index (κ1) is 22.9. The topological polar surface area (TPSA) is 86.8 Å². The van der Waals surface area contributed by atoms with Crippen LogP contribution in [0, 0.1) is 0 Å². The number of nitrogens with one attached hydrogen (secondary N) is 1. The number of nitrogens with zero attached hydrogens (tertiary/aromatic N) is 2. The fraction of sp³-hybridized carbons (Fsp3) is 0.556. The second kappa shape index (κ2) is 10.4. The molecule has 2 amide bonds. The lowest BCUT2D eigenvalue weighted by atomic mass is 10.1. The van der Waals surface area contributed by atoms with Crippen LogP contribution in [-0.2, 0) is 19.6 Å². The van der Waals surface area contributed by atoms with Crippen molar-refractivity contribution in [3.05, 3.63) is 28.2 Å². The van der Waals surface area contributed by atoms with Crippen molar-refractivity contribution in [3.63, 3.8) is 0 Å². The average Bonchev–Trinajstić information content (AvgIpc) is 2.66. The summed E-state index contributed by atoms with van der Waals surface area (Å²) >= 11 is 12.0. The van der Waals surface area contributed by atoms with Crippen molar-refractivity contribution in [3.8, 4) is 0 Å². The van der Waals surface area contributed by atoms with Crippen LogP contribution < -0.4 is 5.32 Å². The van der Waals surface area contributed by atoms with Gasteiger partial charge < -0.3 is 10.2 Å². The summed E-state index contributed by atoms with van der Waals surface area (Å²) < 4.78 is 26.9. The molecule has 1 aromatic rings. The van der Waals surface area contributed by atoms with E-state index in [4.69, 9.17) is 23.2 Å². The smallest absolute Gasteiger partial charge is 0.244 e. The molecular weight excluding hydrogens is 425 g/mol. The predicted molar refractivity (Wildman–Crippen MR) is 109 cm³/mol. The van der Waals surface area contributed by atoms with Crippen LogP contribution in [0.15, 0.2) is 23.1 Å². The summed E-state index contributed by atoms with van der Waals surface area (Å²) in [6, 6.07) is 4.52. The number of hydrogen-bond acceptors (Lipinski definition) is 4. The van der Waals surface area contributed by atoms with E-state index >= 15 is 0 Å². The average molecular weight is 450 g/mol. The van der Waals surface area contributed by atoms with Gasteiger partial charge in [0, 0.05) is 46.1 Å². The highest BCUT2D eigenvalue weighted by atomic mass is 35.5. The molecule has 1 heterocycles. The van der Waals surface area contributed by atoms with E-state index in [9.17, 15) is 18.0 Å². The van der Waals surface area contributed by atoms with Gasteiger partial charge in [-0.2, -0.15) is 4.31 Å². The van der Waals surface area contributed by atoms with Gasteiger partial charge in [-0.15, -0.1) is 0 Å². The lowest BCUT2D eigenvalue weighted by molar-refractivity contribution is -0.132. The molecule has 0 spiro atoms. The van der Waals surface area contributed by atoms with Crippen LogP contribution in [0.2, 0.25) is 10.0 Å². The standard InChI is InChI=1S/C18H25Cl2N3O4S/c1-14(24)21-9-4-2-3-8-17(25)22-10-12-23(13-11-22)28(26,27)16-7-5-6-15(19)18(16)20/h5-7H,2-4,8-13H2,1H3,(H,21,24). The molecule has 0 atom stereocenters. The van der Waals surface area contributed by atoms with Gasteiger partial charge in [-0.25, -0.2) is 8.42 Å². The maximum Gasteiger partial charge on any atom is 0.244 e. The maximum absolute atomic E-state index is 12.8. The molecule has 0 bridgehead atoms. The van der Waals surface area contributed by atoms with Crippen molar-refractivity contribution in [1.82, 2.24) is 14.5 Å². The molecule has 1 N–H and O–H groups in total. The van der Waals surface area contributed by atoms with Gasteiger partial charge in [0.2, 0.25) is 21.8 Å². The summed E-state index contributed by atoms with van der Waals surface area (Å²) in [4.78, 5) is 24.8. The molecule has 0 aromatic heterocycles. The predicted octanol–water partition coefficient (Wildman–Crippen LogP) is 2.52. The summed E-state index contributed by atoms with van der Waals surface area (Å²) in [6.07, 6.45) is 2.86. The van der Waals surface area contributed by atoms with Gasteiger partial charge in [0.05, 0.1) is 10.0 Å². The second-order valence-corrected chi connectivity index (χ2v) is 9.32. The Hall–Kier alpha value is -1.35. The van der Waals surface area contributed by atoms with E-state index in [1.165, 1.54) is 23.4 Å². The molecule has 2 rings (SSSR count). The summed E-state index contributed by atoms with van der Waals surface area (Å²) in [7, 11) is -3.75. The van der Waals surface area contributed by atoms with Gasteiger partial charge in [-0.1, -0.05) is 35.7 Å². The first-order valence-electron chi connectivity index (χ1n) is 9.20. The Kier molecular flexibility index (Phi) is 8.55. The van der Waals surface area contributed by atoms with Crippen LogP contribution in [0.25, 0.3) is 0 Å². The number of rotatable bonds is 8. The molecule has 1 aliphatic rings. The third-order valence-corrected chi connectivity index (χ3v) is 7.44. The Morgan fingerprint density at radius 3 is 2.39 bits per heavy atom. The number of carbonyl (C=O) groups excluding carboxylic acids is 2. The lowest BCUT2D eigenvalue weighted by Gasteiger charge is -2.34. The number of hydrogen-bond donors (Lipinski definition) is 1. The highest BCUT2D eigenvalue weighted by molar-refractivity contribution is 7.89. The summed E-state index contributed by atoms with van der Waals surface area (Å²) in [6.45, 7) is 3.24. The Bertz CT molecular complexity index is 809. The number of halogens is 2. The van der Waals surface area contributed by atoms with Crippen LogP contribution in [0.1, 0.15) is 32.6 Å². The molecule has 10 heteroatoms. The molecule has 28 heavy (non-hydrogen) atoms. The van der Waals surface area contributed by atoms with E-state index in [1.54, 1.807) is 11.0 Å². The number of piperazine rings is 1. The molecule has 1 fully saturated rings. The second-order valence-electron chi connectivity index (χ2n) is 6.63. The van der Waals surface area contributed by atoms with E-state index in [0.29, 0.717) is 26.1 Å². The van der Waals surface area contributed by atoms with Crippen molar-refractivity contribution in [1.29, 1.82) is 0 Å². The third kappa shape index (κ3) is 6.07. The van der Waals surface area contributed by atoms with Crippen LogP contribution in [0.3, 0.4) is 0 Å². The number of sulfonamides is 1. The Balaban J connectivity index is 1.81. The van der Waals surface area contributed by atoms with E-state index in [-0.39, 0.29) is 39.8 Å². The molecule has 0 saturated carbocycles. The Morgan fingerprint density at radius 2 is 1.75 bits per heavy atom. The first-order valence-corrected chi connectivity index (χ1v) is 11.4. The van der Waals surface area contributed by atoms with Gasteiger partial charge >= 0.3 is 0 Å². The zero-order valence-corrected chi connectivity index (χ0v) is 18.1. The van der Waals surface area contributed by atoms with E-state index in [2.05, 4.69) is 5.32 Å². The van der Waals surface area contributed by atoms with E-state index in [0.717, 1.165) is 19.3 Å². The number of amides is 2. The van der Waals surface area contributed by atoms with Gasteiger partial charge in [0.1, 0.15) is 4.90 Å². The van der Waals surface area contributed by atoms with Gasteiger partial charge in [-0.05, 0) is 25.0 Å². The van der Waals surface area contributed by atoms with Gasteiger partial charge in [0.25, 0.3) is 0 Å². The lowest BCUT2D eigenvalue weighted by Crippen LogP contribution is -2.50. The monoisotopic (exact) mass is 449 g/mol. The summed E-state index contributed by atoms with van der Waals surface area (Å²) in [5, 5.41) is 2.93. The maximum atomic E-state index is 12.8. The fourth-order valence-corrected chi connectivity index (χ4v) is 5.16. The summed E-state index contributed by atoms with van der Waals surface area (Å²) in [5.74, 6) is -0.0275. The van der Waals surface area contributed by atoms with Crippen molar-refractivity contribution in [2.24, 2.45) is 0 Å². The Morgan fingerprint density at radius 1 is 1.07 bits per heavy atom. The van der Waals surface area contributed by atoms with Crippen molar-refractivity contribution in [2.45, 2.75) is 37.5 Å². The summed E-state index contributed by atoms with van der Waals surface area (Å²) in [5.41, 5.74) is 0. The number of unbranched alkanes of at least 4 members (excludes halogenated alkanes) is 2. The highest BCUT2D eigenvalue weighted by Gasteiger charge is 2.31. The van der Waals surface area contributed by atoms with Gasteiger partial charge in [0.15, 0.2) is 0 Å². The number of carbonyl (C=O) groups is 2. The molecule has 156 valence electrons. The minimum atomic E-state index is -3.75. The minimum absolute atomic E-state index is 0.0133. The van der Waals surface area contributed by atoms with Crippen molar-refractivity contribution in [2.75, 3.05) is 32.7 Å². The zero-order chi connectivity index (χ0) is 20.7. The van der Waals surface area contributed by atoms with Crippen LogP contribution in [0.5, 0.6) is 0 Å². The molecule has 1 aliphatic heterocycles. The molecule has 7 nitrogen and oxygen atoms in total. The molecule has 0 radical (unpaired) electrons. The van der Waals surface area contributed by atoms with E-state index < -0.39 is 10.0 Å². The highest BCUT2D eigenvalue weighted by Crippen LogP contribution is 2.31. The quantitative estimate of drug-likeness (QED) is 0.617. The molecular formula is C18H25Cl2N3O4S. The van der Waals surface area contributed by atoms with Crippen molar-refractivity contribution >= 4 is 45.0 Å². The number of benzene rings is 1. The van der Waals surface area contributed by atoms with Gasteiger partial charge in [-0.3, -0.25) is 9.59 Å². The molecule has 0 aliphatic carbocycles. The molecule has 1 saturated heterocycles. The minimum Gasteiger partial charge on any atom is -0.356 e. The Labute approximate surface area is 176 Å². The van der Waals surface area contributed by atoms with Crippen LogP contribution in [0.4, 0.5) is 0 Å². The van der Waals surface area contributed by atoms with Crippen LogP contribution >= 0.6 is 23.2 Å². The first-order chi connectivity index (χ1) is 13.2. The normalized spacial score (nSPS) is 15.5. The molecule has 1 aromatic carbocycles. The van der Waals surface area contributed by atoms with Crippen molar-refractivity contribution < 1.29 is 18.0 Å². The van der Waals surface area contributed by atoms with E-state index in [1.807, 2.05) is 0 Å². The fourth-order valence-electron chi connectivity index (χ4n) is 3.00. The molecule has 0 unspecified atom stereocenters. The van der Waals surface area contributed by atoms with Crippen LogP contribution in [-0.4, -0.2) is 62.2 Å². The SMILES string of the molecule is CC(=O)NCCCCCC(=O)N1CCN(S(=O)(=O)c2cccc(Cl)c2Cl)CC1. The largest absolute Gasteiger partial charge is 0.356 e. The zero-order valence-electron chi connectivity index (χ0n) is 15.8.